The summed E-state index contributed by atoms with van der Waals surface area (Å²) < 4.78 is 15.1. The number of aliphatic hydroxyl groups excluding tert-OH is 1. The van der Waals surface area contributed by atoms with Crippen molar-refractivity contribution in [3.8, 4) is 0 Å². The summed E-state index contributed by atoms with van der Waals surface area (Å²) in [4.78, 5) is 13.3. The predicted octanol–water partition coefficient (Wildman–Crippen LogP) is -0.742. The van der Waals surface area contributed by atoms with Crippen molar-refractivity contribution in [3.63, 3.8) is 0 Å². The molecule has 2 atom stereocenters. The van der Waals surface area contributed by atoms with Gasteiger partial charge in [0.05, 0.1) is 26.4 Å². The maximum Gasteiger partial charge on any atom is 0.336 e. The Labute approximate surface area is 101 Å². The number of morpholine rings is 1. The van der Waals surface area contributed by atoms with Gasteiger partial charge in [0.1, 0.15) is 0 Å². The molecule has 0 aromatic rings. The molecule has 1 rings (SSSR count). The summed E-state index contributed by atoms with van der Waals surface area (Å²) in [7, 11) is 1.34. The number of aliphatic hydroxyl groups is 1. The van der Waals surface area contributed by atoms with E-state index in [4.69, 9.17) is 9.47 Å². The Kier molecular flexibility index (Phi) is 6.43. The number of carbonyl (C=O) groups excluding carboxylic acids is 1. The van der Waals surface area contributed by atoms with Crippen molar-refractivity contribution >= 4 is 5.97 Å². The normalized spacial score (nSPS) is 23.4. The summed E-state index contributed by atoms with van der Waals surface area (Å²) in [6.07, 6.45) is -1.08. The van der Waals surface area contributed by atoms with Crippen molar-refractivity contribution in [2.24, 2.45) is 0 Å². The van der Waals surface area contributed by atoms with E-state index in [9.17, 15) is 9.90 Å². The average Bonchev–Trinajstić information content (AvgIpc) is 2.35. The second-order valence-electron chi connectivity index (χ2n) is 3.96. The van der Waals surface area contributed by atoms with Crippen LogP contribution in [-0.2, 0) is 19.0 Å². The highest BCUT2D eigenvalue weighted by Gasteiger charge is 2.28. The first-order chi connectivity index (χ1) is 8.17. The number of nitrogens with zero attached hydrogens (tertiary/aromatic N) is 1. The Morgan fingerprint density at radius 1 is 1.65 bits per heavy atom. The van der Waals surface area contributed by atoms with Crippen molar-refractivity contribution in [1.82, 2.24) is 4.90 Å². The summed E-state index contributed by atoms with van der Waals surface area (Å²) in [5.74, 6) is -0.367. The SMILES string of the molecule is CCOCC(O)CN1CCOC(C(=O)OC)C1. The first kappa shape index (κ1) is 14.4. The van der Waals surface area contributed by atoms with Gasteiger partial charge in [-0.15, -0.1) is 0 Å². The minimum Gasteiger partial charge on any atom is -0.467 e. The molecule has 1 fully saturated rings. The monoisotopic (exact) mass is 247 g/mol. The molecule has 1 aliphatic rings. The number of hydrogen-bond acceptors (Lipinski definition) is 6. The Bertz CT molecular complexity index is 236. The number of rotatable bonds is 6. The first-order valence-corrected chi connectivity index (χ1v) is 5.85. The second-order valence-corrected chi connectivity index (χ2v) is 3.96. The second kappa shape index (κ2) is 7.60. The van der Waals surface area contributed by atoms with Gasteiger partial charge in [0.2, 0.25) is 0 Å². The molecule has 100 valence electrons. The van der Waals surface area contributed by atoms with Crippen molar-refractivity contribution in [1.29, 1.82) is 0 Å². The first-order valence-electron chi connectivity index (χ1n) is 5.85. The Morgan fingerprint density at radius 2 is 2.41 bits per heavy atom. The molecule has 0 aromatic carbocycles. The number of methoxy groups -OCH3 is 1. The van der Waals surface area contributed by atoms with Crippen LogP contribution >= 0.6 is 0 Å². The fourth-order valence-electron chi connectivity index (χ4n) is 1.75. The van der Waals surface area contributed by atoms with Gasteiger partial charge in [-0.3, -0.25) is 4.90 Å². The Hall–Kier alpha value is -0.690. The van der Waals surface area contributed by atoms with Gasteiger partial charge < -0.3 is 19.3 Å². The van der Waals surface area contributed by atoms with Crippen LogP contribution in [0.25, 0.3) is 0 Å². The van der Waals surface area contributed by atoms with Crippen LogP contribution in [0, 0.1) is 0 Å². The van der Waals surface area contributed by atoms with Gasteiger partial charge in [0.25, 0.3) is 0 Å². The molecule has 1 aliphatic heterocycles. The molecule has 0 spiro atoms. The molecule has 0 amide bonds. The molecule has 2 unspecified atom stereocenters. The fraction of sp³-hybridized carbons (Fsp3) is 0.909. The quantitative estimate of drug-likeness (QED) is 0.623. The van der Waals surface area contributed by atoms with Crippen molar-refractivity contribution < 1.29 is 24.1 Å². The van der Waals surface area contributed by atoms with E-state index in [-0.39, 0.29) is 5.97 Å². The van der Waals surface area contributed by atoms with Gasteiger partial charge in [0.15, 0.2) is 6.10 Å². The molecule has 17 heavy (non-hydrogen) atoms. The van der Waals surface area contributed by atoms with Crippen LogP contribution in [0.1, 0.15) is 6.92 Å². The largest absolute Gasteiger partial charge is 0.467 e. The van der Waals surface area contributed by atoms with E-state index in [1.165, 1.54) is 7.11 Å². The fourth-order valence-corrected chi connectivity index (χ4v) is 1.75. The molecule has 1 saturated heterocycles. The van der Waals surface area contributed by atoms with Crippen LogP contribution in [0.15, 0.2) is 0 Å². The standard InChI is InChI=1S/C11H21NO5/c1-3-16-8-9(13)6-12-4-5-17-10(7-12)11(14)15-2/h9-10,13H,3-8H2,1-2H3. The highest BCUT2D eigenvalue weighted by molar-refractivity contribution is 5.74. The molecule has 0 aromatic heterocycles. The van der Waals surface area contributed by atoms with Gasteiger partial charge in [0, 0.05) is 26.2 Å². The molecule has 1 heterocycles. The van der Waals surface area contributed by atoms with Crippen molar-refractivity contribution in [2.45, 2.75) is 19.1 Å². The number of hydrogen-bond donors (Lipinski definition) is 1. The lowest BCUT2D eigenvalue weighted by molar-refractivity contribution is -0.160. The number of β-amino-alcohol motifs (C(OH)–C–C–N with tert-alkyl or cyclic N) is 1. The highest BCUT2D eigenvalue weighted by atomic mass is 16.6. The Balaban J connectivity index is 2.31. The molecule has 1 N–H and O–H groups in total. The average molecular weight is 247 g/mol. The molecule has 0 aliphatic carbocycles. The van der Waals surface area contributed by atoms with Crippen LogP contribution in [0.4, 0.5) is 0 Å². The zero-order valence-corrected chi connectivity index (χ0v) is 10.4. The highest BCUT2D eigenvalue weighted by Crippen LogP contribution is 2.07. The maximum absolute atomic E-state index is 11.3. The van der Waals surface area contributed by atoms with Gasteiger partial charge >= 0.3 is 5.97 Å². The van der Waals surface area contributed by atoms with Crippen LogP contribution in [0.5, 0.6) is 0 Å². The zero-order valence-electron chi connectivity index (χ0n) is 10.4. The van der Waals surface area contributed by atoms with Crippen molar-refractivity contribution in [3.05, 3.63) is 0 Å². The van der Waals surface area contributed by atoms with Crippen LogP contribution in [0.2, 0.25) is 0 Å². The van der Waals surface area contributed by atoms with E-state index >= 15 is 0 Å². The smallest absolute Gasteiger partial charge is 0.336 e. The molecular formula is C11H21NO5. The predicted molar refractivity (Wildman–Crippen MR) is 60.7 cm³/mol. The lowest BCUT2D eigenvalue weighted by atomic mass is 10.2. The summed E-state index contributed by atoms with van der Waals surface area (Å²) in [6.45, 7) is 4.90. The molecule has 6 nitrogen and oxygen atoms in total. The molecular weight excluding hydrogens is 226 g/mol. The van der Waals surface area contributed by atoms with Gasteiger partial charge in [-0.1, -0.05) is 0 Å². The maximum atomic E-state index is 11.3. The lowest BCUT2D eigenvalue weighted by Gasteiger charge is -2.32. The zero-order chi connectivity index (χ0) is 12.7. The summed E-state index contributed by atoms with van der Waals surface area (Å²) in [5, 5.41) is 9.69. The van der Waals surface area contributed by atoms with E-state index in [0.29, 0.717) is 39.5 Å². The van der Waals surface area contributed by atoms with Gasteiger partial charge in [-0.05, 0) is 6.92 Å². The van der Waals surface area contributed by atoms with E-state index in [0.717, 1.165) is 0 Å². The third kappa shape index (κ3) is 4.99. The molecule has 0 saturated carbocycles. The topological polar surface area (TPSA) is 68.2 Å². The lowest BCUT2D eigenvalue weighted by Crippen LogP contribution is -2.49. The van der Waals surface area contributed by atoms with Crippen LogP contribution < -0.4 is 0 Å². The van der Waals surface area contributed by atoms with E-state index < -0.39 is 12.2 Å². The molecule has 0 radical (unpaired) electrons. The summed E-state index contributed by atoms with van der Waals surface area (Å²) in [6, 6.07) is 0. The van der Waals surface area contributed by atoms with E-state index in [1.54, 1.807) is 0 Å². The molecule has 6 heteroatoms. The number of ether oxygens (including phenoxy) is 3. The van der Waals surface area contributed by atoms with Gasteiger partial charge in [-0.2, -0.15) is 0 Å². The number of carbonyl (C=O) groups is 1. The molecule has 0 bridgehead atoms. The van der Waals surface area contributed by atoms with Gasteiger partial charge in [-0.25, -0.2) is 4.79 Å². The van der Waals surface area contributed by atoms with Crippen molar-refractivity contribution in [2.75, 3.05) is 46.6 Å². The summed E-state index contributed by atoms with van der Waals surface area (Å²) in [5.41, 5.74) is 0. The van der Waals surface area contributed by atoms with Crippen LogP contribution in [0.3, 0.4) is 0 Å². The summed E-state index contributed by atoms with van der Waals surface area (Å²) >= 11 is 0. The van der Waals surface area contributed by atoms with E-state index in [2.05, 4.69) is 4.74 Å². The third-order valence-electron chi connectivity index (χ3n) is 2.60. The minimum absolute atomic E-state index is 0.316. The van der Waals surface area contributed by atoms with E-state index in [1.807, 2.05) is 11.8 Å². The number of esters is 1. The minimum atomic E-state index is -0.548. The Morgan fingerprint density at radius 3 is 3.06 bits per heavy atom. The third-order valence-corrected chi connectivity index (χ3v) is 2.60. The van der Waals surface area contributed by atoms with Crippen LogP contribution in [-0.4, -0.2) is 74.7 Å².